The van der Waals surface area contributed by atoms with Crippen LogP contribution >= 0.6 is 0 Å². The van der Waals surface area contributed by atoms with E-state index in [1.165, 1.54) is 0 Å². The van der Waals surface area contributed by atoms with Gasteiger partial charge in [-0.15, -0.1) is 0 Å². The van der Waals surface area contributed by atoms with E-state index in [2.05, 4.69) is 26.1 Å². The molecule has 0 spiro atoms. The van der Waals surface area contributed by atoms with E-state index >= 15 is 0 Å². The van der Waals surface area contributed by atoms with Crippen molar-refractivity contribution in [1.29, 1.82) is 0 Å². The molecule has 0 aliphatic rings. The molecule has 0 aliphatic heterocycles. The lowest BCUT2D eigenvalue weighted by molar-refractivity contribution is -0.126. The van der Waals surface area contributed by atoms with Gasteiger partial charge in [0, 0.05) is 11.8 Å². The molecule has 0 unspecified atom stereocenters. The molecular formula is C13H27NO. The van der Waals surface area contributed by atoms with E-state index in [9.17, 15) is 4.79 Å². The fourth-order valence-electron chi connectivity index (χ4n) is 1.21. The van der Waals surface area contributed by atoms with Gasteiger partial charge < -0.3 is 5.32 Å². The zero-order chi connectivity index (χ0) is 12.1. The second kappa shape index (κ2) is 5.64. The van der Waals surface area contributed by atoms with Crippen molar-refractivity contribution >= 4 is 5.78 Å². The highest BCUT2D eigenvalue weighted by atomic mass is 16.1. The van der Waals surface area contributed by atoms with E-state index in [0.29, 0.717) is 17.6 Å². The fourth-order valence-corrected chi connectivity index (χ4v) is 1.21. The summed E-state index contributed by atoms with van der Waals surface area (Å²) in [5.74, 6) is 0.361. The van der Waals surface area contributed by atoms with Crippen LogP contribution in [0.5, 0.6) is 0 Å². The van der Waals surface area contributed by atoms with Crippen molar-refractivity contribution < 1.29 is 4.79 Å². The van der Waals surface area contributed by atoms with Crippen LogP contribution in [0.1, 0.15) is 54.4 Å². The smallest absolute Gasteiger partial charge is 0.138 e. The van der Waals surface area contributed by atoms with Crippen LogP contribution in [0.3, 0.4) is 0 Å². The van der Waals surface area contributed by atoms with Gasteiger partial charge in [0.1, 0.15) is 5.78 Å². The van der Waals surface area contributed by atoms with E-state index < -0.39 is 0 Å². The lowest BCUT2D eigenvalue weighted by atomic mass is 9.88. The van der Waals surface area contributed by atoms with Crippen molar-refractivity contribution in [1.82, 2.24) is 5.32 Å². The first kappa shape index (κ1) is 14.6. The molecule has 0 amide bonds. The molecule has 0 rings (SSSR count). The summed E-state index contributed by atoms with van der Waals surface area (Å²) >= 11 is 0. The summed E-state index contributed by atoms with van der Waals surface area (Å²) < 4.78 is 0. The highest BCUT2D eigenvalue weighted by molar-refractivity contribution is 5.83. The third-order valence-electron chi connectivity index (χ3n) is 2.25. The van der Waals surface area contributed by atoms with Crippen LogP contribution in [-0.2, 0) is 4.79 Å². The maximum absolute atomic E-state index is 11.6. The first-order chi connectivity index (χ1) is 6.63. The van der Waals surface area contributed by atoms with Gasteiger partial charge in [0.15, 0.2) is 0 Å². The zero-order valence-corrected chi connectivity index (χ0v) is 11.2. The number of carbonyl (C=O) groups excluding carboxylic acids is 1. The topological polar surface area (TPSA) is 29.1 Å². The van der Waals surface area contributed by atoms with Gasteiger partial charge in [0.05, 0.1) is 0 Å². The summed E-state index contributed by atoms with van der Waals surface area (Å²) in [6, 6.07) is 0. The quantitative estimate of drug-likeness (QED) is 0.711. The van der Waals surface area contributed by atoms with Gasteiger partial charge in [0.25, 0.3) is 0 Å². The van der Waals surface area contributed by atoms with Crippen molar-refractivity contribution in [2.45, 2.75) is 54.4 Å². The summed E-state index contributed by atoms with van der Waals surface area (Å²) in [4.78, 5) is 11.6. The van der Waals surface area contributed by atoms with Crippen LogP contribution in [0.15, 0.2) is 0 Å². The van der Waals surface area contributed by atoms with Gasteiger partial charge in [-0.2, -0.15) is 0 Å². The largest absolute Gasteiger partial charge is 0.316 e. The van der Waals surface area contributed by atoms with Crippen LogP contribution in [0, 0.1) is 10.8 Å². The summed E-state index contributed by atoms with van der Waals surface area (Å²) in [6.07, 6.45) is 1.65. The molecule has 0 bridgehead atoms. The van der Waals surface area contributed by atoms with E-state index in [4.69, 9.17) is 0 Å². The monoisotopic (exact) mass is 213 g/mol. The first-order valence-corrected chi connectivity index (χ1v) is 5.87. The number of ketones is 1. The number of nitrogens with one attached hydrogen (secondary N) is 1. The van der Waals surface area contributed by atoms with Gasteiger partial charge in [-0.1, -0.05) is 41.5 Å². The molecule has 0 aromatic heterocycles. The third kappa shape index (κ3) is 8.61. The summed E-state index contributed by atoms with van der Waals surface area (Å²) in [5.41, 5.74) is 0.151. The molecule has 2 nitrogen and oxygen atoms in total. The molecule has 0 radical (unpaired) electrons. The molecule has 15 heavy (non-hydrogen) atoms. The predicted molar refractivity (Wildman–Crippen MR) is 66.0 cm³/mol. The molecular weight excluding hydrogens is 186 g/mol. The van der Waals surface area contributed by atoms with Crippen molar-refractivity contribution in [2.75, 3.05) is 13.1 Å². The molecule has 0 aliphatic carbocycles. The first-order valence-electron chi connectivity index (χ1n) is 5.87. The van der Waals surface area contributed by atoms with Crippen molar-refractivity contribution in [2.24, 2.45) is 10.8 Å². The lowest BCUT2D eigenvalue weighted by Gasteiger charge is -2.19. The second-order valence-electron chi connectivity index (χ2n) is 6.51. The Morgan fingerprint density at radius 2 is 1.60 bits per heavy atom. The third-order valence-corrected chi connectivity index (χ3v) is 2.25. The Hall–Kier alpha value is -0.370. The Balaban J connectivity index is 3.53. The van der Waals surface area contributed by atoms with Crippen LogP contribution in [0.2, 0.25) is 0 Å². The van der Waals surface area contributed by atoms with Gasteiger partial charge in [-0.3, -0.25) is 4.79 Å². The van der Waals surface area contributed by atoms with E-state index in [1.54, 1.807) is 0 Å². The van der Waals surface area contributed by atoms with Crippen molar-refractivity contribution in [3.63, 3.8) is 0 Å². The van der Waals surface area contributed by atoms with E-state index in [0.717, 1.165) is 19.5 Å². The lowest BCUT2D eigenvalue weighted by Crippen LogP contribution is -2.28. The highest BCUT2D eigenvalue weighted by Gasteiger charge is 2.20. The van der Waals surface area contributed by atoms with Crippen molar-refractivity contribution in [3.05, 3.63) is 0 Å². The van der Waals surface area contributed by atoms with Gasteiger partial charge in [-0.05, 0) is 24.9 Å². The van der Waals surface area contributed by atoms with Crippen molar-refractivity contribution in [3.8, 4) is 0 Å². The average Bonchev–Trinajstić information content (AvgIpc) is 1.99. The molecule has 0 aromatic carbocycles. The molecule has 0 saturated carbocycles. The fraction of sp³-hybridized carbons (Fsp3) is 0.923. The average molecular weight is 213 g/mol. The molecule has 0 fully saturated rings. The number of hydrogen-bond donors (Lipinski definition) is 1. The highest BCUT2D eigenvalue weighted by Crippen LogP contribution is 2.17. The molecule has 1 N–H and O–H groups in total. The number of carbonyl (C=O) groups is 1. The Labute approximate surface area is 94.8 Å². The summed E-state index contributed by atoms with van der Waals surface area (Å²) in [6.45, 7) is 14.5. The number of hydrogen-bond acceptors (Lipinski definition) is 2. The standard InChI is InChI=1S/C13H27NO/c1-12(2,3)10-14-9-7-8-11(15)13(4,5)6/h14H,7-10H2,1-6H3. The van der Waals surface area contributed by atoms with E-state index in [-0.39, 0.29) is 5.41 Å². The SMILES string of the molecule is CC(C)(C)CNCCCC(=O)C(C)(C)C. The van der Waals surface area contributed by atoms with Gasteiger partial charge in [-0.25, -0.2) is 0 Å². The minimum Gasteiger partial charge on any atom is -0.316 e. The van der Waals surface area contributed by atoms with Gasteiger partial charge in [0.2, 0.25) is 0 Å². The zero-order valence-electron chi connectivity index (χ0n) is 11.2. The van der Waals surface area contributed by atoms with Gasteiger partial charge >= 0.3 is 0 Å². The minimum atomic E-state index is -0.177. The van der Waals surface area contributed by atoms with Crippen LogP contribution in [0.25, 0.3) is 0 Å². The molecule has 90 valence electrons. The Morgan fingerprint density at radius 1 is 1.07 bits per heavy atom. The Bertz CT molecular complexity index is 196. The molecule has 0 atom stereocenters. The predicted octanol–water partition coefficient (Wildman–Crippen LogP) is 3.02. The molecule has 0 heterocycles. The Kier molecular flexibility index (Phi) is 5.50. The summed E-state index contributed by atoms with van der Waals surface area (Å²) in [5, 5.41) is 3.38. The van der Waals surface area contributed by atoms with Crippen LogP contribution in [-0.4, -0.2) is 18.9 Å². The maximum Gasteiger partial charge on any atom is 0.138 e. The number of rotatable bonds is 5. The second-order valence-corrected chi connectivity index (χ2v) is 6.51. The Morgan fingerprint density at radius 3 is 2.00 bits per heavy atom. The molecule has 0 aromatic rings. The minimum absolute atomic E-state index is 0.177. The van der Waals surface area contributed by atoms with E-state index in [1.807, 2.05) is 20.8 Å². The maximum atomic E-state index is 11.6. The normalized spacial score (nSPS) is 12.9. The number of Topliss-reactive ketones (excluding diaryl/α,β-unsaturated/α-hetero) is 1. The van der Waals surface area contributed by atoms with Crippen LogP contribution in [0.4, 0.5) is 0 Å². The molecule has 0 saturated heterocycles. The molecule has 2 heteroatoms. The van der Waals surface area contributed by atoms with Crippen LogP contribution < -0.4 is 5.32 Å². The summed E-state index contributed by atoms with van der Waals surface area (Å²) in [7, 11) is 0.